The number of aliphatic hydroxyl groups is 1. The number of ether oxygens (including phenoxy) is 2. The molecule has 19 heavy (non-hydrogen) atoms. The lowest BCUT2D eigenvalue weighted by Crippen LogP contribution is -2.50. The zero-order valence-corrected chi connectivity index (χ0v) is 10.8. The second kappa shape index (κ2) is 5.90. The number of nitrogens with zero attached hydrogens (tertiary/aromatic N) is 1. The molecule has 1 fully saturated rings. The minimum Gasteiger partial charge on any atom is -0.495 e. The van der Waals surface area contributed by atoms with Crippen LogP contribution < -0.4 is 10.5 Å². The first-order valence-corrected chi connectivity index (χ1v) is 6.11. The molecule has 1 aliphatic heterocycles. The van der Waals surface area contributed by atoms with Gasteiger partial charge in [0.25, 0.3) is 5.91 Å². The number of aliphatic hydroxyl groups excluding tert-OH is 1. The van der Waals surface area contributed by atoms with E-state index in [1.807, 2.05) is 0 Å². The van der Waals surface area contributed by atoms with Gasteiger partial charge in [-0.2, -0.15) is 0 Å². The Morgan fingerprint density at radius 3 is 3.11 bits per heavy atom. The molecule has 3 N–H and O–H groups in total. The summed E-state index contributed by atoms with van der Waals surface area (Å²) in [5.74, 6) is 0.262. The van der Waals surface area contributed by atoms with Crippen LogP contribution in [0.2, 0.25) is 0 Å². The Balaban J connectivity index is 2.28. The van der Waals surface area contributed by atoms with Crippen LogP contribution in [0.5, 0.6) is 5.75 Å². The SMILES string of the molecule is COc1cccc(C(=O)N2CCOCC2CO)c1N. The van der Waals surface area contributed by atoms with Crippen molar-refractivity contribution in [2.75, 3.05) is 39.2 Å². The number of carbonyl (C=O) groups excluding carboxylic acids is 1. The van der Waals surface area contributed by atoms with E-state index in [1.54, 1.807) is 23.1 Å². The van der Waals surface area contributed by atoms with Crippen LogP contribution in [0.25, 0.3) is 0 Å². The number of hydrogen-bond acceptors (Lipinski definition) is 5. The first-order chi connectivity index (χ1) is 9.19. The number of nitrogens with two attached hydrogens (primary N) is 1. The summed E-state index contributed by atoms with van der Waals surface area (Å²) in [7, 11) is 1.51. The normalized spacial score (nSPS) is 19.3. The van der Waals surface area contributed by atoms with Gasteiger partial charge in [-0.3, -0.25) is 4.79 Å². The number of para-hydroxylation sites is 1. The summed E-state index contributed by atoms with van der Waals surface area (Å²) in [5, 5.41) is 9.30. The van der Waals surface area contributed by atoms with E-state index in [9.17, 15) is 9.90 Å². The first kappa shape index (κ1) is 13.6. The zero-order valence-electron chi connectivity index (χ0n) is 10.8. The fourth-order valence-electron chi connectivity index (χ4n) is 2.14. The molecule has 1 saturated heterocycles. The minimum atomic E-state index is -0.327. The number of rotatable bonds is 3. The summed E-state index contributed by atoms with van der Waals surface area (Å²) in [6, 6.07) is 4.75. The second-order valence-electron chi connectivity index (χ2n) is 4.33. The average molecular weight is 266 g/mol. The molecule has 0 radical (unpaired) electrons. The quantitative estimate of drug-likeness (QED) is 0.759. The smallest absolute Gasteiger partial charge is 0.256 e. The van der Waals surface area contributed by atoms with Crippen molar-refractivity contribution in [3.05, 3.63) is 23.8 Å². The second-order valence-corrected chi connectivity index (χ2v) is 4.33. The van der Waals surface area contributed by atoms with E-state index in [0.29, 0.717) is 36.8 Å². The Morgan fingerprint density at radius 2 is 2.42 bits per heavy atom. The molecule has 1 aliphatic rings. The van der Waals surface area contributed by atoms with Crippen molar-refractivity contribution < 1.29 is 19.4 Å². The van der Waals surface area contributed by atoms with E-state index < -0.39 is 0 Å². The van der Waals surface area contributed by atoms with Gasteiger partial charge in [-0.05, 0) is 12.1 Å². The molecule has 1 atom stereocenters. The largest absolute Gasteiger partial charge is 0.495 e. The first-order valence-electron chi connectivity index (χ1n) is 6.11. The summed E-state index contributed by atoms with van der Waals surface area (Å²) in [5.41, 5.74) is 6.63. The van der Waals surface area contributed by atoms with Gasteiger partial charge in [-0.15, -0.1) is 0 Å². The Hall–Kier alpha value is -1.79. The van der Waals surface area contributed by atoms with Crippen LogP contribution >= 0.6 is 0 Å². The number of nitrogen functional groups attached to an aromatic ring is 1. The molecule has 6 heteroatoms. The number of morpholine rings is 1. The Kier molecular flexibility index (Phi) is 4.24. The van der Waals surface area contributed by atoms with Gasteiger partial charge in [0.15, 0.2) is 0 Å². The maximum absolute atomic E-state index is 12.5. The molecular formula is C13H18N2O4. The molecule has 0 aromatic heterocycles. The van der Waals surface area contributed by atoms with E-state index in [-0.39, 0.29) is 18.6 Å². The van der Waals surface area contributed by atoms with Crippen LogP contribution in [0.3, 0.4) is 0 Å². The van der Waals surface area contributed by atoms with Crippen LogP contribution in [-0.2, 0) is 4.74 Å². The van der Waals surface area contributed by atoms with Gasteiger partial charge in [-0.25, -0.2) is 0 Å². The van der Waals surface area contributed by atoms with Gasteiger partial charge in [-0.1, -0.05) is 6.07 Å². The minimum absolute atomic E-state index is 0.129. The fourth-order valence-corrected chi connectivity index (χ4v) is 2.14. The van der Waals surface area contributed by atoms with E-state index in [1.165, 1.54) is 7.11 Å². The van der Waals surface area contributed by atoms with Crippen molar-refractivity contribution in [1.29, 1.82) is 0 Å². The van der Waals surface area contributed by atoms with Crippen molar-refractivity contribution in [2.45, 2.75) is 6.04 Å². The third-order valence-corrected chi connectivity index (χ3v) is 3.22. The number of amides is 1. The fraction of sp³-hybridized carbons (Fsp3) is 0.462. The van der Waals surface area contributed by atoms with Gasteiger partial charge in [0.05, 0.1) is 44.2 Å². The third-order valence-electron chi connectivity index (χ3n) is 3.22. The van der Waals surface area contributed by atoms with Crippen molar-refractivity contribution >= 4 is 11.6 Å². The molecule has 6 nitrogen and oxygen atoms in total. The van der Waals surface area contributed by atoms with Crippen molar-refractivity contribution in [3.8, 4) is 5.75 Å². The number of methoxy groups -OCH3 is 1. The lowest BCUT2D eigenvalue weighted by molar-refractivity contribution is -0.0183. The molecule has 1 amide bonds. The van der Waals surface area contributed by atoms with E-state index in [4.69, 9.17) is 15.2 Å². The van der Waals surface area contributed by atoms with E-state index >= 15 is 0 Å². The summed E-state index contributed by atoms with van der Waals surface area (Å²) < 4.78 is 10.4. The molecule has 2 rings (SSSR count). The number of carbonyl (C=O) groups is 1. The van der Waals surface area contributed by atoms with Crippen molar-refractivity contribution in [3.63, 3.8) is 0 Å². The highest BCUT2D eigenvalue weighted by molar-refractivity contribution is 6.00. The highest BCUT2D eigenvalue weighted by Crippen LogP contribution is 2.26. The molecule has 0 saturated carbocycles. The van der Waals surface area contributed by atoms with Crippen LogP contribution in [0.1, 0.15) is 10.4 Å². The summed E-state index contributed by atoms with van der Waals surface area (Å²) >= 11 is 0. The molecule has 104 valence electrons. The molecule has 1 aromatic carbocycles. The van der Waals surface area contributed by atoms with Gasteiger partial charge >= 0.3 is 0 Å². The summed E-state index contributed by atoms with van der Waals surface area (Å²) in [4.78, 5) is 14.1. The average Bonchev–Trinajstić information content (AvgIpc) is 2.46. The van der Waals surface area contributed by atoms with Crippen LogP contribution in [-0.4, -0.2) is 55.4 Å². The molecule has 1 heterocycles. The lowest BCUT2D eigenvalue weighted by atomic mass is 10.1. The summed E-state index contributed by atoms with van der Waals surface area (Å²) in [6.45, 7) is 1.12. The molecule has 0 spiro atoms. The molecule has 0 aliphatic carbocycles. The maximum Gasteiger partial charge on any atom is 0.256 e. The standard InChI is InChI=1S/C13H18N2O4/c1-18-11-4-2-3-10(12(11)14)13(17)15-5-6-19-8-9(15)7-16/h2-4,9,16H,5-8,14H2,1H3. The highest BCUT2D eigenvalue weighted by atomic mass is 16.5. The van der Waals surface area contributed by atoms with Gasteiger partial charge < -0.3 is 25.2 Å². The van der Waals surface area contributed by atoms with Crippen molar-refractivity contribution in [2.24, 2.45) is 0 Å². The van der Waals surface area contributed by atoms with Gasteiger partial charge in [0.1, 0.15) is 5.75 Å². The van der Waals surface area contributed by atoms with Gasteiger partial charge in [0, 0.05) is 6.54 Å². The summed E-state index contributed by atoms with van der Waals surface area (Å²) in [6.07, 6.45) is 0. The van der Waals surface area contributed by atoms with Crippen molar-refractivity contribution in [1.82, 2.24) is 4.90 Å². The Morgan fingerprint density at radius 1 is 1.63 bits per heavy atom. The highest BCUT2D eigenvalue weighted by Gasteiger charge is 2.29. The predicted octanol–water partition coefficient (Wildman–Crippen LogP) is 0.111. The van der Waals surface area contributed by atoms with E-state index in [0.717, 1.165) is 0 Å². The third kappa shape index (κ3) is 2.64. The Labute approximate surface area is 111 Å². The predicted molar refractivity (Wildman–Crippen MR) is 70.1 cm³/mol. The molecular weight excluding hydrogens is 248 g/mol. The number of benzene rings is 1. The lowest BCUT2D eigenvalue weighted by Gasteiger charge is -2.34. The molecule has 0 bridgehead atoms. The van der Waals surface area contributed by atoms with Gasteiger partial charge in [0.2, 0.25) is 0 Å². The Bertz CT molecular complexity index is 464. The van der Waals surface area contributed by atoms with Crippen LogP contribution in [0, 0.1) is 0 Å². The zero-order chi connectivity index (χ0) is 13.8. The van der Waals surface area contributed by atoms with E-state index in [2.05, 4.69) is 0 Å². The number of anilines is 1. The topological polar surface area (TPSA) is 85.0 Å². The molecule has 1 unspecified atom stereocenters. The van der Waals surface area contributed by atoms with Crippen LogP contribution in [0.4, 0.5) is 5.69 Å². The maximum atomic E-state index is 12.5. The number of hydrogen-bond donors (Lipinski definition) is 2. The van der Waals surface area contributed by atoms with Crippen LogP contribution in [0.15, 0.2) is 18.2 Å². The monoisotopic (exact) mass is 266 g/mol. The molecule has 1 aromatic rings.